The average molecular weight is 322 g/mol. The van der Waals surface area contributed by atoms with Gasteiger partial charge in [-0.15, -0.1) is 0 Å². The number of benzene rings is 1. The normalized spacial score (nSPS) is 15.1. The summed E-state index contributed by atoms with van der Waals surface area (Å²) in [4.78, 5) is 14.4. The quantitative estimate of drug-likeness (QED) is 0.845. The van der Waals surface area contributed by atoms with Gasteiger partial charge in [0.15, 0.2) is 0 Å². The second-order valence-electron chi connectivity index (χ2n) is 5.71. The number of anilines is 1. The zero-order chi connectivity index (χ0) is 16.7. The van der Waals surface area contributed by atoms with Gasteiger partial charge in [-0.2, -0.15) is 0 Å². The molecule has 0 aromatic heterocycles. The maximum absolute atomic E-state index is 12.7. The van der Waals surface area contributed by atoms with E-state index in [0.29, 0.717) is 23.7 Å². The summed E-state index contributed by atoms with van der Waals surface area (Å²) in [6.07, 6.45) is 5.45. The molecule has 2 amide bonds. The Labute approximate surface area is 137 Å². The number of nitrogens with one attached hydrogen (secondary N) is 1. The first-order valence-corrected chi connectivity index (χ1v) is 8.10. The molecule has 23 heavy (non-hydrogen) atoms. The minimum atomic E-state index is -0.211. The molecule has 2 rings (SSSR count). The number of ether oxygens (including phenoxy) is 2. The minimum absolute atomic E-state index is 0.0425. The van der Waals surface area contributed by atoms with Crippen LogP contribution >= 0.6 is 0 Å². The van der Waals surface area contributed by atoms with Crippen LogP contribution in [0.4, 0.5) is 10.5 Å². The van der Waals surface area contributed by atoms with Crippen molar-refractivity contribution in [2.24, 2.45) is 0 Å². The number of carbonyl (C=O) groups is 1. The summed E-state index contributed by atoms with van der Waals surface area (Å²) >= 11 is 0. The molecule has 1 saturated carbocycles. The standard InChI is InChI=1S/C17H26N2O4/c1-22-14-8-9-16(23-2)15(12-14)18-17(21)19(10-11-20)13-6-4-3-5-7-13/h8-9,12-13,20H,3-7,10-11H2,1-2H3,(H,18,21). The maximum Gasteiger partial charge on any atom is 0.322 e. The van der Waals surface area contributed by atoms with Gasteiger partial charge in [0.1, 0.15) is 11.5 Å². The summed E-state index contributed by atoms with van der Waals surface area (Å²) in [5.74, 6) is 1.22. The van der Waals surface area contributed by atoms with E-state index in [0.717, 1.165) is 25.7 Å². The van der Waals surface area contributed by atoms with Gasteiger partial charge in [0.25, 0.3) is 0 Å². The zero-order valence-electron chi connectivity index (χ0n) is 13.9. The van der Waals surface area contributed by atoms with Gasteiger partial charge in [-0.3, -0.25) is 0 Å². The number of rotatable bonds is 6. The van der Waals surface area contributed by atoms with Crippen molar-refractivity contribution in [3.05, 3.63) is 18.2 Å². The first-order valence-electron chi connectivity index (χ1n) is 8.10. The van der Waals surface area contributed by atoms with Gasteiger partial charge >= 0.3 is 6.03 Å². The van der Waals surface area contributed by atoms with Crippen LogP contribution in [0.15, 0.2) is 18.2 Å². The van der Waals surface area contributed by atoms with Crippen LogP contribution in [0.1, 0.15) is 32.1 Å². The average Bonchev–Trinajstić information content (AvgIpc) is 2.60. The first-order chi connectivity index (χ1) is 11.2. The molecular formula is C17H26N2O4. The van der Waals surface area contributed by atoms with Crippen molar-refractivity contribution in [3.63, 3.8) is 0 Å². The molecule has 1 aliphatic carbocycles. The van der Waals surface area contributed by atoms with E-state index in [1.807, 2.05) is 0 Å². The second-order valence-corrected chi connectivity index (χ2v) is 5.71. The molecule has 1 aromatic carbocycles. The molecule has 0 heterocycles. The van der Waals surface area contributed by atoms with Crippen molar-refractivity contribution in [1.29, 1.82) is 0 Å². The number of methoxy groups -OCH3 is 2. The molecule has 0 radical (unpaired) electrons. The molecule has 6 heteroatoms. The molecule has 0 atom stereocenters. The highest BCUT2D eigenvalue weighted by Gasteiger charge is 2.25. The molecule has 1 fully saturated rings. The van der Waals surface area contributed by atoms with Crippen molar-refractivity contribution in [3.8, 4) is 11.5 Å². The third-order valence-electron chi connectivity index (χ3n) is 4.27. The number of aliphatic hydroxyl groups excluding tert-OH is 1. The van der Waals surface area contributed by atoms with E-state index >= 15 is 0 Å². The van der Waals surface area contributed by atoms with Crippen LogP contribution in [0.2, 0.25) is 0 Å². The fraction of sp³-hybridized carbons (Fsp3) is 0.588. The van der Waals surface area contributed by atoms with E-state index in [1.54, 1.807) is 37.3 Å². The van der Waals surface area contributed by atoms with E-state index < -0.39 is 0 Å². The van der Waals surface area contributed by atoms with Crippen molar-refractivity contribution < 1.29 is 19.4 Å². The molecule has 0 aliphatic heterocycles. The SMILES string of the molecule is COc1ccc(OC)c(NC(=O)N(CCO)C2CCCCC2)c1. The van der Waals surface area contributed by atoms with Gasteiger partial charge in [-0.1, -0.05) is 19.3 Å². The number of hydrogen-bond acceptors (Lipinski definition) is 4. The Morgan fingerprint density at radius 1 is 1.26 bits per heavy atom. The molecular weight excluding hydrogens is 296 g/mol. The fourth-order valence-electron chi connectivity index (χ4n) is 3.05. The van der Waals surface area contributed by atoms with E-state index in [2.05, 4.69) is 5.32 Å². The highest BCUT2D eigenvalue weighted by molar-refractivity contribution is 5.91. The molecule has 6 nitrogen and oxygen atoms in total. The highest BCUT2D eigenvalue weighted by Crippen LogP contribution is 2.30. The van der Waals surface area contributed by atoms with Crippen LogP contribution in [0.5, 0.6) is 11.5 Å². The predicted octanol–water partition coefficient (Wildman–Crippen LogP) is 2.86. The van der Waals surface area contributed by atoms with Crippen molar-refractivity contribution in [2.45, 2.75) is 38.1 Å². The first kappa shape index (κ1) is 17.4. The van der Waals surface area contributed by atoms with E-state index in [1.165, 1.54) is 6.42 Å². The largest absolute Gasteiger partial charge is 0.497 e. The van der Waals surface area contributed by atoms with Crippen molar-refractivity contribution in [2.75, 3.05) is 32.7 Å². The lowest BCUT2D eigenvalue weighted by Crippen LogP contribution is -2.45. The summed E-state index contributed by atoms with van der Waals surface area (Å²) in [6.45, 7) is 0.294. The zero-order valence-corrected chi connectivity index (χ0v) is 13.9. The Balaban J connectivity index is 2.14. The lowest BCUT2D eigenvalue weighted by atomic mass is 9.94. The monoisotopic (exact) mass is 322 g/mol. The third-order valence-corrected chi connectivity index (χ3v) is 4.27. The molecule has 0 saturated heterocycles. The summed E-state index contributed by atoms with van der Waals surface area (Å²) in [7, 11) is 3.14. The molecule has 128 valence electrons. The topological polar surface area (TPSA) is 71.0 Å². The summed E-state index contributed by atoms with van der Waals surface area (Å²) in [5.41, 5.74) is 0.565. The van der Waals surface area contributed by atoms with Gasteiger partial charge in [-0.25, -0.2) is 4.79 Å². The highest BCUT2D eigenvalue weighted by atomic mass is 16.5. The minimum Gasteiger partial charge on any atom is -0.497 e. The van der Waals surface area contributed by atoms with Gasteiger partial charge in [0.05, 0.1) is 26.5 Å². The molecule has 1 aliphatic rings. The van der Waals surface area contributed by atoms with Crippen LogP contribution in [-0.4, -0.2) is 49.5 Å². The van der Waals surface area contributed by atoms with Crippen molar-refractivity contribution in [1.82, 2.24) is 4.90 Å². The molecule has 1 aromatic rings. The van der Waals surface area contributed by atoms with Gasteiger partial charge in [0, 0.05) is 18.7 Å². The summed E-state index contributed by atoms with van der Waals surface area (Å²) in [6, 6.07) is 5.24. The molecule has 2 N–H and O–H groups in total. The lowest BCUT2D eigenvalue weighted by Gasteiger charge is -2.34. The van der Waals surface area contributed by atoms with Gasteiger partial charge in [0.2, 0.25) is 0 Å². The Morgan fingerprint density at radius 3 is 2.61 bits per heavy atom. The van der Waals surface area contributed by atoms with E-state index in [4.69, 9.17) is 9.47 Å². The fourth-order valence-corrected chi connectivity index (χ4v) is 3.05. The molecule has 0 unspecified atom stereocenters. The van der Waals surface area contributed by atoms with Gasteiger partial charge < -0.3 is 24.8 Å². The van der Waals surface area contributed by atoms with Crippen LogP contribution in [-0.2, 0) is 0 Å². The molecule has 0 spiro atoms. The Kier molecular flexibility index (Phi) is 6.52. The molecule has 0 bridgehead atoms. The third kappa shape index (κ3) is 4.51. The number of hydrogen-bond donors (Lipinski definition) is 2. The van der Waals surface area contributed by atoms with E-state index in [9.17, 15) is 9.90 Å². The Bertz CT molecular complexity index is 515. The number of aliphatic hydroxyl groups is 1. The van der Waals surface area contributed by atoms with Gasteiger partial charge in [-0.05, 0) is 25.0 Å². The Morgan fingerprint density at radius 2 is 2.00 bits per heavy atom. The second kappa shape index (κ2) is 8.62. The number of amides is 2. The smallest absolute Gasteiger partial charge is 0.322 e. The predicted molar refractivity (Wildman–Crippen MR) is 89.2 cm³/mol. The summed E-state index contributed by atoms with van der Waals surface area (Å²) in [5, 5.41) is 12.2. The van der Waals surface area contributed by atoms with Crippen LogP contribution in [0.25, 0.3) is 0 Å². The van der Waals surface area contributed by atoms with Crippen molar-refractivity contribution >= 4 is 11.7 Å². The Hall–Kier alpha value is -1.95. The lowest BCUT2D eigenvalue weighted by molar-refractivity contribution is 0.144. The van der Waals surface area contributed by atoms with Crippen LogP contribution in [0.3, 0.4) is 0 Å². The number of carbonyl (C=O) groups excluding carboxylic acids is 1. The number of urea groups is 1. The van der Waals surface area contributed by atoms with Crippen LogP contribution < -0.4 is 14.8 Å². The van der Waals surface area contributed by atoms with Crippen LogP contribution in [0, 0.1) is 0 Å². The van der Waals surface area contributed by atoms with E-state index in [-0.39, 0.29) is 18.7 Å². The number of nitrogens with zero attached hydrogens (tertiary/aromatic N) is 1. The summed E-state index contributed by atoms with van der Waals surface area (Å²) < 4.78 is 10.5. The maximum atomic E-state index is 12.7.